The Hall–Kier alpha value is -1.34. The summed E-state index contributed by atoms with van der Waals surface area (Å²) in [7, 11) is 3.99. The summed E-state index contributed by atoms with van der Waals surface area (Å²) >= 11 is 0. The number of piperidine rings is 1. The molecule has 98 valence electrons. The minimum absolute atomic E-state index is 0.0314. The van der Waals surface area contributed by atoms with E-state index in [2.05, 4.69) is 4.74 Å². The number of hydrogen-bond donors (Lipinski definition) is 1. The summed E-state index contributed by atoms with van der Waals surface area (Å²) in [5.41, 5.74) is 0. The number of hydrogen-bond acceptors (Lipinski definition) is 5. The lowest BCUT2D eigenvalue weighted by atomic mass is 9.90. The molecule has 7 nitrogen and oxygen atoms in total. The number of amides is 1. The van der Waals surface area contributed by atoms with Crippen LogP contribution in [0.15, 0.2) is 0 Å². The van der Waals surface area contributed by atoms with Crippen LogP contribution in [0.25, 0.3) is 0 Å². The minimum Gasteiger partial charge on any atom is -0.481 e. The fraction of sp³-hybridized carbons (Fsp3) is 0.800. The Balaban J connectivity index is 2.91. The monoisotopic (exact) mass is 247 g/mol. The fourth-order valence-corrected chi connectivity index (χ4v) is 2.05. The van der Waals surface area contributed by atoms with Crippen LogP contribution in [0.5, 0.6) is 0 Å². The Morgan fingerprint density at radius 3 is 2.29 bits per heavy atom. The molecule has 0 unspecified atom stereocenters. The Labute approximate surface area is 99.2 Å². The highest BCUT2D eigenvalue weighted by molar-refractivity contribution is 5.73. The van der Waals surface area contributed by atoms with Gasteiger partial charge in [-0.05, 0) is 6.42 Å². The number of ether oxygens (including phenoxy) is 3. The van der Waals surface area contributed by atoms with E-state index in [1.807, 2.05) is 0 Å². The van der Waals surface area contributed by atoms with Crippen molar-refractivity contribution in [2.75, 3.05) is 34.4 Å². The van der Waals surface area contributed by atoms with Gasteiger partial charge in [-0.2, -0.15) is 0 Å². The Kier molecular flexibility index (Phi) is 4.30. The summed E-state index contributed by atoms with van der Waals surface area (Å²) in [6, 6.07) is 0. The number of nitrogens with zero attached hydrogens (tertiary/aromatic N) is 1. The number of carbonyl (C=O) groups excluding carboxylic acids is 1. The highest BCUT2D eigenvalue weighted by Gasteiger charge is 2.49. The van der Waals surface area contributed by atoms with Crippen LogP contribution in [0.4, 0.5) is 4.79 Å². The zero-order valence-corrected chi connectivity index (χ0v) is 10.1. The van der Waals surface area contributed by atoms with Gasteiger partial charge in [0.2, 0.25) is 0 Å². The van der Waals surface area contributed by atoms with E-state index in [0.717, 1.165) is 0 Å². The molecule has 0 aromatic carbocycles. The summed E-state index contributed by atoms with van der Waals surface area (Å²) in [6.45, 7) is 0.335. The number of carboxylic acid groups (broad SMARTS) is 1. The highest BCUT2D eigenvalue weighted by Crippen LogP contribution is 2.32. The van der Waals surface area contributed by atoms with Gasteiger partial charge in [-0.25, -0.2) is 4.79 Å². The average Bonchev–Trinajstić information content (AvgIpc) is 2.36. The van der Waals surface area contributed by atoms with E-state index >= 15 is 0 Å². The third kappa shape index (κ3) is 2.50. The second kappa shape index (κ2) is 5.33. The first kappa shape index (κ1) is 13.7. The maximum atomic E-state index is 11.4. The van der Waals surface area contributed by atoms with Crippen LogP contribution < -0.4 is 0 Å². The molecule has 0 saturated carbocycles. The number of carboxylic acids is 1. The van der Waals surface area contributed by atoms with Crippen LogP contribution in [0.3, 0.4) is 0 Å². The molecule has 1 atom stereocenters. The molecule has 1 N–H and O–H groups in total. The maximum Gasteiger partial charge on any atom is 0.409 e. The van der Waals surface area contributed by atoms with Crippen molar-refractivity contribution in [3.8, 4) is 0 Å². The summed E-state index contributed by atoms with van der Waals surface area (Å²) in [6.07, 6.45) is -0.265. The molecule has 0 bridgehead atoms. The topological polar surface area (TPSA) is 85.3 Å². The van der Waals surface area contributed by atoms with Crippen molar-refractivity contribution in [3.63, 3.8) is 0 Å². The summed E-state index contributed by atoms with van der Waals surface area (Å²) in [4.78, 5) is 23.9. The average molecular weight is 247 g/mol. The Morgan fingerprint density at radius 2 is 1.88 bits per heavy atom. The van der Waals surface area contributed by atoms with Crippen molar-refractivity contribution >= 4 is 12.1 Å². The maximum absolute atomic E-state index is 11.4. The molecule has 1 aliphatic heterocycles. The molecular formula is C10H17NO6. The van der Waals surface area contributed by atoms with Crippen LogP contribution in [0, 0.1) is 5.92 Å². The molecule has 0 aromatic rings. The fourth-order valence-electron chi connectivity index (χ4n) is 2.05. The second-order valence-electron chi connectivity index (χ2n) is 3.79. The molecular weight excluding hydrogens is 230 g/mol. The van der Waals surface area contributed by atoms with E-state index in [9.17, 15) is 9.59 Å². The van der Waals surface area contributed by atoms with Gasteiger partial charge in [0.15, 0.2) is 5.79 Å². The lowest BCUT2D eigenvalue weighted by molar-refractivity contribution is -0.259. The van der Waals surface area contributed by atoms with E-state index in [-0.39, 0.29) is 13.0 Å². The van der Waals surface area contributed by atoms with Gasteiger partial charge >= 0.3 is 12.1 Å². The minimum atomic E-state index is -1.32. The number of rotatable bonds is 3. The van der Waals surface area contributed by atoms with E-state index in [1.54, 1.807) is 0 Å². The third-order valence-corrected chi connectivity index (χ3v) is 3.05. The number of carbonyl (C=O) groups is 2. The molecule has 1 amide bonds. The quantitative estimate of drug-likeness (QED) is 0.714. The van der Waals surface area contributed by atoms with Gasteiger partial charge < -0.3 is 24.2 Å². The Morgan fingerprint density at radius 1 is 1.29 bits per heavy atom. The molecule has 1 saturated heterocycles. The number of methoxy groups -OCH3 is 3. The van der Waals surface area contributed by atoms with Gasteiger partial charge in [-0.15, -0.1) is 0 Å². The van der Waals surface area contributed by atoms with Crippen molar-refractivity contribution < 1.29 is 28.9 Å². The first-order valence-corrected chi connectivity index (χ1v) is 5.16. The molecule has 1 heterocycles. The molecule has 1 rings (SSSR count). The van der Waals surface area contributed by atoms with Crippen molar-refractivity contribution in [1.82, 2.24) is 4.90 Å². The standard InChI is InChI=1S/C10H17NO6/c1-15-9(14)11-5-4-7(8(12)13)10(6-11,16-2)17-3/h7H,4-6H2,1-3H3,(H,12,13)/t7-/m0/s1. The van der Waals surface area contributed by atoms with Gasteiger partial charge in [-0.3, -0.25) is 4.79 Å². The smallest absolute Gasteiger partial charge is 0.409 e. The van der Waals surface area contributed by atoms with Gasteiger partial charge in [0.05, 0.1) is 13.7 Å². The molecule has 1 aliphatic rings. The van der Waals surface area contributed by atoms with Crippen LogP contribution in [-0.2, 0) is 19.0 Å². The van der Waals surface area contributed by atoms with Gasteiger partial charge in [0.25, 0.3) is 0 Å². The molecule has 0 spiro atoms. The van der Waals surface area contributed by atoms with Crippen molar-refractivity contribution in [2.24, 2.45) is 5.92 Å². The molecule has 0 aromatic heterocycles. The van der Waals surface area contributed by atoms with Gasteiger partial charge in [-0.1, -0.05) is 0 Å². The molecule has 1 fully saturated rings. The van der Waals surface area contributed by atoms with E-state index in [0.29, 0.717) is 6.54 Å². The SMILES string of the molecule is COC(=O)N1CC[C@@H](C(=O)O)C(OC)(OC)C1. The molecule has 17 heavy (non-hydrogen) atoms. The summed E-state index contributed by atoms with van der Waals surface area (Å²) < 4.78 is 14.9. The normalized spacial score (nSPS) is 23.2. The first-order chi connectivity index (χ1) is 8.00. The second-order valence-corrected chi connectivity index (χ2v) is 3.79. The van der Waals surface area contributed by atoms with Crippen molar-refractivity contribution in [1.29, 1.82) is 0 Å². The van der Waals surface area contributed by atoms with Crippen molar-refractivity contribution in [2.45, 2.75) is 12.2 Å². The van der Waals surface area contributed by atoms with Gasteiger partial charge in [0.1, 0.15) is 5.92 Å². The summed E-state index contributed by atoms with van der Waals surface area (Å²) in [5, 5.41) is 9.12. The van der Waals surface area contributed by atoms with E-state index < -0.39 is 23.8 Å². The third-order valence-electron chi connectivity index (χ3n) is 3.05. The summed E-state index contributed by atoms with van der Waals surface area (Å²) in [5.74, 6) is -3.13. The predicted octanol–water partition coefficient (Wildman–Crippen LogP) is 0.148. The van der Waals surface area contributed by atoms with E-state index in [1.165, 1.54) is 26.2 Å². The number of likely N-dealkylation sites (tertiary alicyclic amines) is 1. The van der Waals surface area contributed by atoms with Crippen LogP contribution in [-0.4, -0.2) is 62.3 Å². The first-order valence-electron chi connectivity index (χ1n) is 5.16. The molecule has 7 heteroatoms. The zero-order valence-electron chi connectivity index (χ0n) is 10.1. The predicted molar refractivity (Wildman–Crippen MR) is 56.5 cm³/mol. The van der Waals surface area contributed by atoms with Crippen molar-refractivity contribution in [3.05, 3.63) is 0 Å². The molecule has 0 radical (unpaired) electrons. The van der Waals surface area contributed by atoms with Crippen LogP contribution in [0.1, 0.15) is 6.42 Å². The highest BCUT2D eigenvalue weighted by atomic mass is 16.7. The zero-order chi connectivity index (χ0) is 13.1. The van der Waals surface area contributed by atoms with Crippen LogP contribution in [0.2, 0.25) is 0 Å². The van der Waals surface area contributed by atoms with E-state index in [4.69, 9.17) is 14.6 Å². The van der Waals surface area contributed by atoms with Crippen LogP contribution >= 0.6 is 0 Å². The number of aliphatic carboxylic acids is 1. The van der Waals surface area contributed by atoms with Gasteiger partial charge in [0, 0.05) is 20.8 Å². The lowest BCUT2D eigenvalue weighted by Gasteiger charge is -2.43. The Bertz CT molecular complexity index is 301. The molecule has 0 aliphatic carbocycles. The lowest BCUT2D eigenvalue weighted by Crippen LogP contribution is -2.59. The largest absolute Gasteiger partial charge is 0.481 e.